The number of nitrogens with zero attached hydrogens (tertiary/aromatic N) is 2. The number of hydrogen-bond acceptors (Lipinski definition) is 6. The van der Waals surface area contributed by atoms with E-state index in [0.29, 0.717) is 35.2 Å². The van der Waals surface area contributed by atoms with Crippen molar-refractivity contribution in [2.75, 3.05) is 4.90 Å². The van der Waals surface area contributed by atoms with Crippen molar-refractivity contribution >= 4 is 29.2 Å². The molecule has 0 aliphatic carbocycles. The van der Waals surface area contributed by atoms with Gasteiger partial charge in [0.1, 0.15) is 5.54 Å². The number of hydrogen-bond donors (Lipinski definition) is 2. The van der Waals surface area contributed by atoms with Crippen molar-refractivity contribution in [1.29, 1.82) is 0 Å². The number of fused-ring (bicyclic) bond motifs is 1. The number of non-ortho nitro benzene ring substituents is 1. The van der Waals surface area contributed by atoms with Gasteiger partial charge in [0.15, 0.2) is 0 Å². The van der Waals surface area contributed by atoms with Crippen LogP contribution in [-0.4, -0.2) is 33.4 Å². The molecule has 3 aromatic rings. The molecule has 224 valence electrons. The number of carbonyl (C=O) groups excluding carboxylic acids is 2. The number of benzene rings is 3. The van der Waals surface area contributed by atoms with Crippen LogP contribution in [0.2, 0.25) is 0 Å². The Balaban J connectivity index is 1.70. The highest BCUT2D eigenvalue weighted by Gasteiger charge is 2.69. The molecule has 0 aromatic heterocycles. The summed E-state index contributed by atoms with van der Waals surface area (Å²) < 4.78 is 41.0. The Morgan fingerprint density at radius 3 is 2.14 bits per heavy atom. The maximum Gasteiger partial charge on any atom is 0.416 e. The van der Waals surface area contributed by atoms with Gasteiger partial charge in [-0.25, -0.2) is 4.90 Å². The number of carboxylic acid groups (broad SMARTS) is 1. The zero-order chi connectivity index (χ0) is 31.3. The monoisotopic (exact) mass is 595 g/mol. The van der Waals surface area contributed by atoms with Gasteiger partial charge < -0.3 is 5.11 Å². The molecule has 0 radical (unpaired) electrons. The van der Waals surface area contributed by atoms with Crippen LogP contribution in [0.5, 0.6) is 0 Å². The van der Waals surface area contributed by atoms with Crippen LogP contribution in [0.15, 0.2) is 66.7 Å². The number of aryl methyl sites for hydroxylation is 2. The molecule has 43 heavy (non-hydrogen) atoms. The van der Waals surface area contributed by atoms with Gasteiger partial charge in [-0.3, -0.25) is 29.8 Å². The molecule has 4 unspecified atom stereocenters. The molecule has 4 atom stereocenters. The average Bonchev–Trinajstić information content (AvgIpc) is 3.45. The maximum atomic E-state index is 14.3. The molecule has 9 nitrogen and oxygen atoms in total. The number of anilines is 1. The molecule has 0 saturated carbocycles. The Labute approximate surface area is 244 Å². The van der Waals surface area contributed by atoms with E-state index in [9.17, 15) is 42.8 Å². The third-order valence-electron chi connectivity index (χ3n) is 8.43. The molecule has 3 aromatic carbocycles. The van der Waals surface area contributed by atoms with E-state index in [0.717, 1.165) is 17.0 Å². The molecular formula is C31H28F3N3O6. The molecule has 5 rings (SSSR count). The number of rotatable bonds is 8. The topological polar surface area (TPSA) is 130 Å². The molecule has 2 aliphatic rings. The summed E-state index contributed by atoms with van der Waals surface area (Å²) in [4.78, 5) is 53.3. The number of imide groups is 1. The Bertz CT molecular complexity index is 1600. The standard InChI is InChI=1S/C31H28F3N3O6/c1-3-18-7-5-8-19(4-2)26(18)36-27(38)23-24(28(36)39)30(29(40)41,16-17-11-13-22(14-12-17)37(42)43)35-25(23)20-9-6-10-21(15-20)31(32,33)34/h5-15,23-25,35H,3-4,16H2,1-2H3,(H,40,41). The quantitative estimate of drug-likeness (QED) is 0.207. The van der Waals surface area contributed by atoms with Crippen LogP contribution in [0, 0.1) is 22.0 Å². The van der Waals surface area contributed by atoms with Gasteiger partial charge >= 0.3 is 12.1 Å². The zero-order valence-corrected chi connectivity index (χ0v) is 23.2. The molecule has 0 spiro atoms. The summed E-state index contributed by atoms with van der Waals surface area (Å²) in [6.45, 7) is 3.71. The molecular weight excluding hydrogens is 567 g/mol. The first-order valence-electron chi connectivity index (χ1n) is 13.7. The van der Waals surface area contributed by atoms with E-state index in [4.69, 9.17) is 0 Å². The van der Waals surface area contributed by atoms with Gasteiger partial charge in [0.25, 0.3) is 5.69 Å². The number of nitrogens with one attached hydrogen (secondary N) is 1. The first-order chi connectivity index (χ1) is 20.3. The number of carbonyl (C=O) groups is 3. The third-order valence-corrected chi connectivity index (χ3v) is 8.43. The van der Waals surface area contributed by atoms with Gasteiger partial charge in [0.05, 0.1) is 28.0 Å². The number of nitro benzene ring substituents is 1. The lowest BCUT2D eigenvalue weighted by Gasteiger charge is -2.32. The SMILES string of the molecule is CCc1cccc(CC)c1N1C(=O)C2C(c3cccc(C(F)(F)F)c3)NC(Cc3ccc([N+](=O)[O-])cc3)(C(=O)O)C2C1=O. The highest BCUT2D eigenvalue weighted by Crippen LogP contribution is 2.52. The summed E-state index contributed by atoms with van der Waals surface area (Å²) in [5.41, 5.74) is -1.23. The van der Waals surface area contributed by atoms with Crippen molar-refractivity contribution in [2.45, 2.75) is 50.9 Å². The third kappa shape index (κ3) is 4.95. The van der Waals surface area contributed by atoms with Crippen molar-refractivity contribution in [3.05, 3.63) is 105 Å². The van der Waals surface area contributed by atoms with Gasteiger partial charge in [0.2, 0.25) is 11.8 Å². The molecule has 2 aliphatic heterocycles. The molecule has 2 saturated heterocycles. The summed E-state index contributed by atoms with van der Waals surface area (Å²) in [6, 6.07) is 13.5. The van der Waals surface area contributed by atoms with Crippen LogP contribution in [0.25, 0.3) is 0 Å². The Kier molecular flexibility index (Phi) is 7.59. The van der Waals surface area contributed by atoms with E-state index in [1.807, 2.05) is 13.8 Å². The van der Waals surface area contributed by atoms with Crippen LogP contribution in [0.3, 0.4) is 0 Å². The summed E-state index contributed by atoms with van der Waals surface area (Å²) in [5.74, 6) is -5.76. The lowest BCUT2D eigenvalue weighted by molar-refractivity contribution is -0.384. The minimum atomic E-state index is -4.70. The van der Waals surface area contributed by atoms with Gasteiger partial charge in [0, 0.05) is 24.6 Å². The van der Waals surface area contributed by atoms with Crippen molar-refractivity contribution in [2.24, 2.45) is 11.8 Å². The maximum absolute atomic E-state index is 14.3. The minimum Gasteiger partial charge on any atom is -0.480 e. The lowest BCUT2D eigenvalue weighted by Crippen LogP contribution is -2.57. The average molecular weight is 596 g/mol. The van der Waals surface area contributed by atoms with E-state index in [1.165, 1.54) is 36.4 Å². The smallest absolute Gasteiger partial charge is 0.416 e. The van der Waals surface area contributed by atoms with Crippen LogP contribution < -0.4 is 10.2 Å². The summed E-state index contributed by atoms with van der Waals surface area (Å²) >= 11 is 0. The Morgan fingerprint density at radius 2 is 1.60 bits per heavy atom. The highest BCUT2D eigenvalue weighted by atomic mass is 19.4. The normalized spacial score (nSPS) is 23.5. The number of halogens is 3. The van der Waals surface area contributed by atoms with E-state index in [-0.39, 0.29) is 17.7 Å². The molecule has 2 heterocycles. The summed E-state index contributed by atoms with van der Waals surface area (Å²) in [6.07, 6.45) is -4.12. The fourth-order valence-electron chi connectivity index (χ4n) is 6.41. The molecule has 2 fully saturated rings. The van der Waals surface area contributed by atoms with Crippen LogP contribution in [0.1, 0.15) is 47.7 Å². The molecule has 2 N–H and O–H groups in total. The number of alkyl halides is 3. The van der Waals surface area contributed by atoms with Crippen molar-refractivity contribution in [3.63, 3.8) is 0 Å². The van der Waals surface area contributed by atoms with Crippen molar-refractivity contribution in [3.8, 4) is 0 Å². The second-order valence-electron chi connectivity index (χ2n) is 10.8. The zero-order valence-electron chi connectivity index (χ0n) is 23.2. The number of amides is 2. The van der Waals surface area contributed by atoms with Gasteiger partial charge in [-0.05, 0) is 47.2 Å². The number of carboxylic acids is 1. The van der Waals surface area contributed by atoms with Gasteiger partial charge in [-0.2, -0.15) is 13.2 Å². The van der Waals surface area contributed by atoms with Gasteiger partial charge in [-0.1, -0.05) is 56.3 Å². The molecule has 0 bridgehead atoms. The summed E-state index contributed by atoms with van der Waals surface area (Å²) in [5, 5.41) is 24.8. The fraction of sp³-hybridized carbons (Fsp3) is 0.323. The second-order valence-corrected chi connectivity index (χ2v) is 10.8. The predicted molar refractivity (Wildman–Crippen MR) is 149 cm³/mol. The van der Waals surface area contributed by atoms with Crippen molar-refractivity contribution < 1.29 is 37.6 Å². The van der Waals surface area contributed by atoms with E-state index in [1.54, 1.807) is 18.2 Å². The largest absolute Gasteiger partial charge is 0.480 e. The Morgan fingerprint density at radius 1 is 1.00 bits per heavy atom. The van der Waals surface area contributed by atoms with E-state index >= 15 is 0 Å². The summed E-state index contributed by atoms with van der Waals surface area (Å²) in [7, 11) is 0. The molecule has 12 heteroatoms. The first-order valence-corrected chi connectivity index (χ1v) is 13.7. The predicted octanol–water partition coefficient (Wildman–Crippen LogP) is 5.25. The fourth-order valence-corrected chi connectivity index (χ4v) is 6.41. The minimum absolute atomic E-state index is 0.0131. The van der Waals surface area contributed by atoms with Crippen LogP contribution >= 0.6 is 0 Å². The van der Waals surface area contributed by atoms with Crippen molar-refractivity contribution in [1.82, 2.24) is 5.32 Å². The first kappa shape index (κ1) is 29.9. The lowest BCUT2D eigenvalue weighted by atomic mass is 9.76. The van der Waals surface area contributed by atoms with E-state index in [2.05, 4.69) is 5.32 Å². The molecule has 2 amide bonds. The van der Waals surface area contributed by atoms with Gasteiger partial charge in [-0.15, -0.1) is 0 Å². The highest BCUT2D eigenvalue weighted by molar-refractivity contribution is 6.25. The van der Waals surface area contributed by atoms with E-state index < -0.39 is 57.9 Å². The number of aliphatic carboxylic acids is 1. The van der Waals surface area contributed by atoms with Crippen LogP contribution in [0.4, 0.5) is 24.5 Å². The number of nitro groups is 1. The Hall–Kier alpha value is -4.58. The van der Waals surface area contributed by atoms with Crippen LogP contribution in [-0.2, 0) is 39.8 Å². The second kappa shape index (κ2) is 10.9. The number of para-hydroxylation sites is 1.